The van der Waals surface area contributed by atoms with Crippen molar-refractivity contribution in [3.63, 3.8) is 0 Å². The summed E-state index contributed by atoms with van der Waals surface area (Å²) in [5.74, 6) is 0.735. The Kier molecular flexibility index (Phi) is 3.38. The molecule has 15 heavy (non-hydrogen) atoms. The van der Waals surface area contributed by atoms with Crippen LogP contribution in [0.1, 0.15) is 24.2 Å². The summed E-state index contributed by atoms with van der Waals surface area (Å²) in [4.78, 5) is 0. The molecule has 1 aliphatic rings. The van der Waals surface area contributed by atoms with Crippen LogP contribution < -0.4 is 5.73 Å². The van der Waals surface area contributed by atoms with Gasteiger partial charge >= 0.3 is 0 Å². The normalized spacial score (nSPS) is 18.3. The van der Waals surface area contributed by atoms with Gasteiger partial charge in [0.2, 0.25) is 0 Å². The van der Waals surface area contributed by atoms with Crippen molar-refractivity contribution < 1.29 is 4.74 Å². The largest absolute Gasteiger partial charge is 0.381 e. The molecular formula is C11H19N3O. The van der Waals surface area contributed by atoms with Gasteiger partial charge in [-0.3, -0.25) is 4.68 Å². The first-order valence-electron chi connectivity index (χ1n) is 5.59. The fourth-order valence-electron chi connectivity index (χ4n) is 2.11. The number of ether oxygens (including phenoxy) is 1. The van der Waals surface area contributed by atoms with Crippen LogP contribution in [-0.4, -0.2) is 23.0 Å². The van der Waals surface area contributed by atoms with Gasteiger partial charge in [0.05, 0.1) is 11.4 Å². The number of rotatable bonds is 3. The highest BCUT2D eigenvalue weighted by atomic mass is 16.5. The summed E-state index contributed by atoms with van der Waals surface area (Å²) in [6, 6.07) is 2.12. The Morgan fingerprint density at radius 3 is 2.87 bits per heavy atom. The van der Waals surface area contributed by atoms with Gasteiger partial charge in [-0.15, -0.1) is 0 Å². The molecule has 2 heterocycles. The molecule has 2 N–H and O–H groups in total. The SMILES string of the molecule is Cn1nc(CC2CCOCC2)cc1CN. The molecule has 1 saturated heterocycles. The van der Waals surface area contributed by atoms with Crippen LogP contribution in [0, 0.1) is 5.92 Å². The molecule has 0 spiro atoms. The number of aromatic nitrogens is 2. The third-order valence-electron chi connectivity index (χ3n) is 3.08. The van der Waals surface area contributed by atoms with E-state index in [1.165, 1.54) is 5.69 Å². The second-order valence-corrected chi connectivity index (χ2v) is 4.21. The molecule has 1 aromatic heterocycles. The summed E-state index contributed by atoms with van der Waals surface area (Å²) in [5.41, 5.74) is 7.90. The van der Waals surface area contributed by atoms with E-state index >= 15 is 0 Å². The number of hydrogen-bond donors (Lipinski definition) is 1. The van der Waals surface area contributed by atoms with Crippen LogP contribution in [-0.2, 0) is 24.8 Å². The number of hydrogen-bond acceptors (Lipinski definition) is 3. The van der Waals surface area contributed by atoms with Crippen molar-refractivity contribution in [1.29, 1.82) is 0 Å². The number of nitrogens with zero attached hydrogens (tertiary/aromatic N) is 2. The van der Waals surface area contributed by atoms with Gasteiger partial charge < -0.3 is 10.5 Å². The highest BCUT2D eigenvalue weighted by Crippen LogP contribution is 2.19. The lowest BCUT2D eigenvalue weighted by molar-refractivity contribution is 0.0662. The van der Waals surface area contributed by atoms with Crippen molar-refractivity contribution >= 4 is 0 Å². The molecule has 0 saturated carbocycles. The maximum atomic E-state index is 5.62. The molecule has 0 atom stereocenters. The second-order valence-electron chi connectivity index (χ2n) is 4.21. The van der Waals surface area contributed by atoms with E-state index in [9.17, 15) is 0 Å². The minimum absolute atomic E-state index is 0.567. The van der Waals surface area contributed by atoms with Gasteiger partial charge in [0.25, 0.3) is 0 Å². The van der Waals surface area contributed by atoms with Crippen LogP contribution in [0.5, 0.6) is 0 Å². The third-order valence-corrected chi connectivity index (χ3v) is 3.08. The molecule has 1 fully saturated rings. The number of aryl methyl sites for hydroxylation is 1. The zero-order valence-corrected chi connectivity index (χ0v) is 9.28. The Labute approximate surface area is 90.4 Å². The quantitative estimate of drug-likeness (QED) is 0.803. The lowest BCUT2D eigenvalue weighted by atomic mass is 9.95. The fourth-order valence-corrected chi connectivity index (χ4v) is 2.11. The van der Waals surface area contributed by atoms with Crippen LogP contribution in [0.3, 0.4) is 0 Å². The maximum absolute atomic E-state index is 5.62. The van der Waals surface area contributed by atoms with E-state index in [1.807, 2.05) is 11.7 Å². The Hall–Kier alpha value is -0.870. The Morgan fingerprint density at radius 2 is 2.27 bits per heavy atom. The van der Waals surface area contributed by atoms with Gasteiger partial charge in [-0.05, 0) is 31.2 Å². The average Bonchev–Trinajstić information content (AvgIpc) is 2.60. The molecule has 84 valence electrons. The zero-order valence-electron chi connectivity index (χ0n) is 9.28. The van der Waals surface area contributed by atoms with Gasteiger partial charge in [-0.25, -0.2) is 0 Å². The van der Waals surface area contributed by atoms with Crippen LogP contribution in [0.15, 0.2) is 6.07 Å². The van der Waals surface area contributed by atoms with E-state index in [0.29, 0.717) is 6.54 Å². The zero-order chi connectivity index (χ0) is 10.7. The topological polar surface area (TPSA) is 53.1 Å². The van der Waals surface area contributed by atoms with Crippen LogP contribution in [0.2, 0.25) is 0 Å². The van der Waals surface area contributed by atoms with Crippen molar-refractivity contribution in [1.82, 2.24) is 9.78 Å². The van der Waals surface area contributed by atoms with Gasteiger partial charge in [0.15, 0.2) is 0 Å². The van der Waals surface area contributed by atoms with E-state index in [1.54, 1.807) is 0 Å². The lowest BCUT2D eigenvalue weighted by Gasteiger charge is -2.20. The molecule has 1 aromatic rings. The molecule has 0 unspecified atom stereocenters. The van der Waals surface area contributed by atoms with Crippen LogP contribution in [0.4, 0.5) is 0 Å². The van der Waals surface area contributed by atoms with E-state index in [0.717, 1.165) is 44.1 Å². The summed E-state index contributed by atoms with van der Waals surface area (Å²) in [7, 11) is 1.95. The van der Waals surface area contributed by atoms with Gasteiger partial charge in [0.1, 0.15) is 0 Å². The molecule has 4 heteroatoms. The molecule has 0 bridgehead atoms. The minimum Gasteiger partial charge on any atom is -0.381 e. The minimum atomic E-state index is 0.567. The van der Waals surface area contributed by atoms with Gasteiger partial charge in [0, 0.05) is 26.8 Å². The summed E-state index contributed by atoms with van der Waals surface area (Å²) < 4.78 is 7.23. The molecule has 0 aromatic carbocycles. The van der Waals surface area contributed by atoms with Crippen molar-refractivity contribution in [3.05, 3.63) is 17.5 Å². The fraction of sp³-hybridized carbons (Fsp3) is 0.727. The average molecular weight is 209 g/mol. The van der Waals surface area contributed by atoms with E-state index in [4.69, 9.17) is 10.5 Å². The van der Waals surface area contributed by atoms with E-state index in [2.05, 4.69) is 11.2 Å². The van der Waals surface area contributed by atoms with Crippen molar-refractivity contribution in [3.8, 4) is 0 Å². The summed E-state index contributed by atoms with van der Waals surface area (Å²) in [6.45, 7) is 2.37. The first-order chi connectivity index (χ1) is 7.29. The molecule has 1 aliphatic heterocycles. The van der Waals surface area contributed by atoms with Gasteiger partial charge in [-0.2, -0.15) is 5.10 Å². The van der Waals surface area contributed by atoms with Crippen molar-refractivity contribution in [2.45, 2.75) is 25.8 Å². The highest BCUT2D eigenvalue weighted by molar-refractivity contribution is 5.10. The van der Waals surface area contributed by atoms with Gasteiger partial charge in [-0.1, -0.05) is 0 Å². The summed E-state index contributed by atoms with van der Waals surface area (Å²) in [6.07, 6.45) is 3.39. The second kappa shape index (κ2) is 4.77. The monoisotopic (exact) mass is 209 g/mol. The molecule has 4 nitrogen and oxygen atoms in total. The molecular weight excluding hydrogens is 190 g/mol. The predicted molar refractivity (Wildman–Crippen MR) is 58.3 cm³/mol. The van der Waals surface area contributed by atoms with Crippen LogP contribution >= 0.6 is 0 Å². The van der Waals surface area contributed by atoms with E-state index in [-0.39, 0.29) is 0 Å². The Bertz CT molecular complexity index is 316. The van der Waals surface area contributed by atoms with E-state index < -0.39 is 0 Å². The molecule has 0 aliphatic carbocycles. The maximum Gasteiger partial charge on any atom is 0.0630 e. The first kappa shape index (κ1) is 10.6. The molecule has 0 amide bonds. The van der Waals surface area contributed by atoms with Crippen molar-refractivity contribution in [2.24, 2.45) is 18.7 Å². The highest BCUT2D eigenvalue weighted by Gasteiger charge is 2.16. The summed E-state index contributed by atoms with van der Waals surface area (Å²) in [5, 5.41) is 4.47. The Morgan fingerprint density at radius 1 is 1.53 bits per heavy atom. The Balaban J connectivity index is 1.97. The smallest absolute Gasteiger partial charge is 0.0630 e. The van der Waals surface area contributed by atoms with Crippen LogP contribution in [0.25, 0.3) is 0 Å². The van der Waals surface area contributed by atoms with Crippen molar-refractivity contribution in [2.75, 3.05) is 13.2 Å². The lowest BCUT2D eigenvalue weighted by Crippen LogP contribution is -2.17. The standard InChI is InChI=1S/C11H19N3O/c1-14-11(8-12)7-10(13-14)6-9-2-4-15-5-3-9/h7,9H,2-6,8,12H2,1H3. The number of nitrogens with two attached hydrogens (primary N) is 1. The first-order valence-corrected chi connectivity index (χ1v) is 5.59. The molecule has 0 radical (unpaired) electrons. The summed E-state index contributed by atoms with van der Waals surface area (Å²) >= 11 is 0. The molecule has 2 rings (SSSR count). The predicted octanol–water partition coefficient (Wildman–Crippen LogP) is 0.848. The third kappa shape index (κ3) is 2.58.